The lowest BCUT2D eigenvalue weighted by Gasteiger charge is -2.12. The molecule has 0 saturated carbocycles. The van der Waals surface area contributed by atoms with Gasteiger partial charge in [0.2, 0.25) is 0 Å². The van der Waals surface area contributed by atoms with Crippen molar-refractivity contribution in [1.29, 1.82) is 0 Å². The molecule has 0 aliphatic rings. The second kappa shape index (κ2) is 12.9. The van der Waals surface area contributed by atoms with Crippen molar-refractivity contribution in [3.63, 3.8) is 0 Å². The molecule has 6 heteroatoms. The minimum absolute atomic E-state index is 0.562. The molecule has 0 aliphatic heterocycles. The first kappa shape index (κ1) is 18.2. The fourth-order valence-corrected chi connectivity index (χ4v) is 1.72. The summed E-state index contributed by atoms with van der Waals surface area (Å²) >= 11 is 0. The van der Waals surface area contributed by atoms with Crippen molar-refractivity contribution in [2.45, 2.75) is 26.2 Å². The maximum absolute atomic E-state index is 5.55. The SMILES string of the molecule is CCCCOCCCNC(=NC)NCCOc1cccnc1. The Balaban J connectivity index is 2.00. The molecule has 1 heterocycles. The highest BCUT2D eigenvalue weighted by atomic mass is 16.5. The number of aliphatic imine (C=N–C) groups is 1. The van der Waals surface area contributed by atoms with Crippen LogP contribution in [-0.4, -0.2) is 50.9 Å². The first-order chi connectivity index (χ1) is 10.9. The quantitative estimate of drug-likeness (QED) is 0.371. The van der Waals surface area contributed by atoms with Gasteiger partial charge >= 0.3 is 0 Å². The Hall–Kier alpha value is -1.82. The molecular formula is C16H28N4O2. The van der Waals surface area contributed by atoms with E-state index in [-0.39, 0.29) is 0 Å². The Morgan fingerprint density at radius 2 is 2.00 bits per heavy atom. The van der Waals surface area contributed by atoms with Crippen molar-refractivity contribution in [2.75, 3.05) is 40.0 Å². The molecule has 0 radical (unpaired) electrons. The molecule has 0 spiro atoms. The van der Waals surface area contributed by atoms with Crippen molar-refractivity contribution in [2.24, 2.45) is 4.99 Å². The van der Waals surface area contributed by atoms with E-state index >= 15 is 0 Å². The topological polar surface area (TPSA) is 67.8 Å². The smallest absolute Gasteiger partial charge is 0.191 e. The first-order valence-electron chi connectivity index (χ1n) is 7.92. The third-order valence-electron chi connectivity index (χ3n) is 2.92. The summed E-state index contributed by atoms with van der Waals surface area (Å²) in [7, 11) is 1.76. The van der Waals surface area contributed by atoms with E-state index in [4.69, 9.17) is 9.47 Å². The average molecular weight is 308 g/mol. The highest BCUT2D eigenvalue weighted by Crippen LogP contribution is 2.04. The Kier molecular flexibility index (Phi) is 10.7. The third kappa shape index (κ3) is 9.18. The lowest BCUT2D eigenvalue weighted by atomic mass is 10.4. The second-order valence-electron chi connectivity index (χ2n) is 4.78. The minimum Gasteiger partial charge on any atom is -0.490 e. The molecule has 0 atom stereocenters. The zero-order valence-corrected chi connectivity index (χ0v) is 13.7. The molecule has 1 rings (SSSR count). The number of hydrogen-bond donors (Lipinski definition) is 2. The standard InChI is InChI=1S/C16H28N4O2/c1-3-4-11-21-12-6-9-19-16(17-2)20-10-13-22-15-7-5-8-18-14-15/h5,7-8,14H,3-4,6,9-13H2,1-2H3,(H2,17,19,20). The Bertz CT molecular complexity index is 398. The van der Waals surface area contributed by atoms with Crippen LogP contribution in [0, 0.1) is 0 Å². The van der Waals surface area contributed by atoms with Crippen LogP contribution in [0.3, 0.4) is 0 Å². The summed E-state index contributed by atoms with van der Waals surface area (Å²) in [4.78, 5) is 8.16. The molecule has 0 bridgehead atoms. The number of hydrogen-bond acceptors (Lipinski definition) is 4. The van der Waals surface area contributed by atoms with E-state index in [1.807, 2.05) is 12.1 Å². The van der Waals surface area contributed by atoms with Gasteiger partial charge in [-0.05, 0) is 25.0 Å². The van der Waals surface area contributed by atoms with E-state index < -0.39 is 0 Å². The van der Waals surface area contributed by atoms with Crippen LogP contribution in [-0.2, 0) is 4.74 Å². The van der Waals surface area contributed by atoms with Crippen molar-refractivity contribution in [3.8, 4) is 5.75 Å². The number of rotatable bonds is 11. The van der Waals surface area contributed by atoms with Crippen molar-refractivity contribution in [3.05, 3.63) is 24.5 Å². The molecule has 0 fully saturated rings. The maximum Gasteiger partial charge on any atom is 0.191 e. The molecule has 0 unspecified atom stereocenters. The normalized spacial score (nSPS) is 11.3. The molecule has 1 aromatic heterocycles. The van der Waals surface area contributed by atoms with Gasteiger partial charge in [-0.15, -0.1) is 0 Å². The van der Waals surface area contributed by atoms with Gasteiger partial charge < -0.3 is 20.1 Å². The summed E-state index contributed by atoms with van der Waals surface area (Å²) in [5.74, 6) is 1.56. The summed E-state index contributed by atoms with van der Waals surface area (Å²) in [6.07, 6.45) is 6.70. The molecule has 0 saturated heterocycles. The largest absolute Gasteiger partial charge is 0.490 e. The summed E-state index contributed by atoms with van der Waals surface area (Å²) < 4.78 is 11.1. The predicted octanol–water partition coefficient (Wildman–Crippen LogP) is 1.83. The number of guanidine groups is 1. The van der Waals surface area contributed by atoms with E-state index in [1.54, 1.807) is 19.4 Å². The van der Waals surface area contributed by atoms with Crippen LogP contribution in [0.25, 0.3) is 0 Å². The first-order valence-corrected chi connectivity index (χ1v) is 7.92. The van der Waals surface area contributed by atoms with E-state index in [0.717, 1.165) is 44.3 Å². The Morgan fingerprint density at radius 1 is 1.18 bits per heavy atom. The summed E-state index contributed by atoms with van der Waals surface area (Å²) in [6.45, 7) is 5.89. The summed E-state index contributed by atoms with van der Waals surface area (Å²) in [5.41, 5.74) is 0. The molecule has 0 aliphatic carbocycles. The highest BCUT2D eigenvalue weighted by Gasteiger charge is 1.97. The van der Waals surface area contributed by atoms with Gasteiger partial charge in [0.1, 0.15) is 12.4 Å². The molecule has 0 aromatic carbocycles. The van der Waals surface area contributed by atoms with Crippen molar-refractivity contribution in [1.82, 2.24) is 15.6 Å². The molecule has 1 aromatic rings. The number of ether oxygens (including phenoxy) is 2. The lowest BCUT2D eigenvalue weighted by Crippen LogP contribution is -2.39. The van der Waals surface area contributed by atoms with Crippen LogP contribution in [0.4, 0.5) is 0 Å². The number of unbranched alkanes of at least 4 members (excludes halogenated alkanes) is 1. The zero-order chi connectivity index (χ0) is 15.9. The number of nitrogens with one attached hydrogen (secondary N) is 2. The van der Waals surface area contributed by atoms with E-state index in [2.05, 4.69) is 27.5 Å². The number of pyridine rings is 1. The van der Waals surface area contributed by atoms with Crippen LogP contribution in [0.2, 0.25) is 0 Å². The van der Waals surface area contributed by atoms with Crippen LogP contribution >= 0.6 is 0 Å². The van der Waals surface area contributed by atoms with Crippen molar-refractivity contribution >= 4 is 5.96 Å². The van der Waals surface area contributed by atoms with E-state index in [0.29, 0.717) is 13.2 Å². The van der Waals surface area contributed by atoms with Gasteiger partial charge in [0.25, 0.3) is 0 Å². The zero-order valence-electron chi connectivity index (χ0n) is 13.7. The predicted molar refractivity (Wildman–Crippen MR) is 89.4 cm³/mol. The maximum atomic E-state index is 5.55. The van der Waals surface area contributed by atoms with Gasteiger partial charge in [-0.25, -0.2) is 0 Å². The van der Waals surface area contributed by atoms with Crippen LogP contribution in [0.5, 0.6) is 5.75 Å². The molecule has 124 valence electrons. The molecule has 0 amide bonds. The summed E-state index contributed by atoms with van der Waals surface area (Å²) in [6, 6.07) is 3.74. The fourth-order valence-electron chi connectivity index (χ4n) is 1.72. The van der Waals surface area contributed by atoms with Crippen LogP contribution < -0.4 is 15.4 Å². The van der Waals surface area contributed by atoms with Gasteiger partial charge in [0, 0.05) is 33.0 Å². The van der Waals surface area contributed by atoms with E-state index in [1.165, 1.54) is 6.42 Å². The Morgan fingerprint density at radius 3 is 2.73 bits per heavy atom. The van der Waals surface area contributed by atoms with Gasteiger partial charge in [0.05, 0.1) is 12.7 Å². The van der Waals surface area contributed by atoms with E-state index in [9.17, 15) is 0 Å². The Labute approximate surface area is 133 Å². The average Bonchev–Trinajstić information content (AvgIpc) is 2.57. The van der Waals surface area contributed by atoms with Gasteiger partial charge in [-0.1, -0.05) is 13.3 Å². The monoisotopic (exact) mass is 308 g/mol. The molecule has 22 heavy (non-hydrogen) atoms. The van der Waals surface area contributed by atoms with Crippen molar-refractivity contribution < 1.29 is 9.47 Å². The van der Waals surface area contributed by atoms with Gasteiger partial charge in [-0.2, -0.15) is 0 Å². The lowest BCUT2D eigenvalue weighted by molar-refractivity contribution is 0.129. The molecule has 2 N–H and O–H groups in total. The molecule has 6 nitrogen and oxygen atoms in total. The van der Waals surface area contributed by atoms with Crippen LogP contribution in [0.1, 0.15) is 26.2 Å². The van der Waals surface area contributed by atoms with Gasteiger partial charge in [-0.3, -0.25) is 9.98 Å². The molecular weight excluding hydrogens is 280 g/mol. The fraction of sp³-hybridized carbons (Fsp3) is 0.625. The number of nitrogens with zero attached hydrogens (tertiary/aromatic N) is 2. The minimum atomic E-state index is 0.562. The van der Waals surface area contributed by atoms with Gasteiger partial charge in [0.15, 0.2) is 5.96 Å². The second-order valence-corrected chi connectivity index (χ2v) is 4.78. The number of aromatic nitrogens is 1. The van der Waals surface area contributed by atoms with Crippen LogP contribution in [0.15, 0.2) is 29.5 Å². The summed E-state index contributed by atoms with van der Waals surface area (Å²) in [5, 5.41) is 6.45. The third-order valence-corrected chi connectivity index (χ3v) is 2.92. The highest BCUT2D eigenvalue weighted by molar-refractivity contribution is 5.79.